The second-order valence-corrected chi connectivity index (χ2v) is 8.41. The fraction of sp³-hybridized carbons (Fsp3) is 0.364. The number of oxazole rings is 1. The van der Waals surface area contributed by atoms with Crippen LogP contribution in [0.2, 0.25) is 0 Å². The lowest BCUT2D eigenvalue weighted by atomic mass is 10.2. The first-order valence-electron chi connectivity index (χ1n) is 9.96. The van der Waals surface area contributed by atoms with Gasteiger partial charge in [0.2, 0.25) is 5.91 Å². The summed E-state index contributed by atoms with van der Waals surface area (Å²) in [7, 11) is 0. The van der Waals surface area contributed by atoms with Gasteiger partial charge in [-0.3, -0.25) is 9.69 Å². The third-order valence-electron chi connectivity index (χ3n) is 5.01. The molecular weight excluding hydrogens is 384 g/mol. The first-order chi connectivity index (χ1) is 14.2. The smallest absolute Gasteiger partial charge is 0.298 e. The van der Waals surface area contributed by atoms with Gasteiger partial charge in [-0.25, -0.2) is 0 Å². The van der Waals surface area contributed by atoms with Crippen molar-refractivity contribution in [1.29, 1.82) is 0 Å². The van der Waals surface area contributed by atoms with Crippen molar-refractivity contribution in [3.8, 4) is 0 Å². The second-order valence-electron chi connectivity index (χ2n) is 7.24. The van der Waals surface area contributed by atoms with Gasteiger partial charge in [-0.1, -0.05) is 29.8 Å². The average molecular weight is 411 g/mol. The third-order valence-corrected chi connectivity index (χ3v) is 6.02. The van der Waals surface area contributed by atoms with E-state index in [1.165, 1.54) is 10.5 Å². The number of thioether (sulfide) groups is 1. The Morgan fingerprint density at radius 3 is 2.62 bits per heavy atom. The summed E-state index contributed by atoms with van der Waals surface area (Å²) in [5.41, 5.74) is 2.96. The van der Waals surface area contributed by atoms with E-state index < -0.39 is 0 Å². The van der Waals surface area contributed by atoms with E-state index in [-0.39, 0.29) is 5.91 Å². The fourth-order valence-corrected chi connectivity index (χ4v) is 4.11. The molecule has 3 aromatic rings. The lowest BCUT2D eigenvalue weighted by Crippen LogP contribution is -2.49. The number of rotatable bonds is 7. The summed E-state index contributed by atoms with van der Waals surface area (Å²) >= 11 is 1.76. The second kappa shape index (κ2) is 9.33. The van der Waals surface area contributed by atoms with Crippen LogP contribution in [0.15, 0.2) is 57.8 Å². The number of piperazine rings is 1. The monoisotopic (exact) mass is 410 g/mol. The van der Waals surface area contributed by atoms with Gasteiger partial charge in [-0.15, -0.1) is 11.8 Å². The summed E-state index contributed by atoms with van der Waals surface area (Å²) in [5.74, 6) is 0.963. The van der Waals surface area contributed by atoms with Crippen molar-refractivity contribution in [2.75, 3.05) is 49.9 Å². The number of para-hydroxylation sites is 2. The minimum absolute atomic E-state index is 0.0878. The number of carbonyl (C=O) groups excluding carboxylic acids is 1. The summed E-state index contributed by atoms with van der Waals surface area (Å²) in [6.07, 6.45) is 0. The molecule has 0 saturated carbocycles. The summed E-state index contributed by atoms with van der Waals surface area (Å²) in [6.45, 7) is 6.47. The predicted molar refractivity (Wildman–Crippen MR) is 118 cm³/mol. The molecule has 0 atom stereocenters. The Hall–Kier alpha value is -2.51. The molecule has 6 nitrogen and oxygen atoms in total. The molecular formula is C22H26N4O2S. The number of anilines is 1. The maximum atomic E-state index is 12.2. The van der Waals surface area contributed by atoms with Gasteiger partial charge in [0.25, 0.3) is 6.01 Å². The molecule has 2 heterocycles. The average Bonchev–Trinajstić information content (AvgIpc) is 3.17. The number of amides is 1. The van der Waals surface area contributed by atoms with Gasteiger partial charge in [-0.2, -0.15) is 4.98 Å². The Morgan fingerprint density at radius 1 is 1.10 bits per heavy atom. The lowest BCUT2D eigenvalue weighted by molar-refractivity contribution is -0.122. The number of fused-ring (bicyclic) bond motifs is 1. The Bertz CT molecular complexity index is 916. The topological polar surface area (TPSA) is 61.6 Å². The van der Waals surface area contributed by atoms with Gasteiger partial charge in [0.1, 0.15) is 5.52 Å². The Labute approximate surface area is 175 Å². The van der Waals surface area contributed by atoms with Crippen molar-refractivity contribution in [1.82, 2.24) is 15.2 Å². The van der Waals surface area contributed by atoms with Gasteiger partial charge in [0.15, 0.2) is 5.58 Å². The van der Waals surface area contributed by atoms with Crippen molar-refractivity contribution >= 4 is 34.8 Å². The molecule has 1 saturated heterocycles. The van der Waals surface area contributed by atoms with Gasteiger partial charge in [-0.05, 0) is 31.2 Å². The van der Waals surface area contributed by atoms with E-state index in [2.05, 4.69) is 51.3 Å². The number of nitrogens with zero attached hydrogens (tertiary/aromatic N) is 3. The zero-order valence-electron chi connectivity index (χ0n) is 16.6. The predicted octanol–water partition coefficient (Wildman–Crippen LogP) is 3.17. The molecule has 1 N–H and O–H groups in total. The Kier molecular flexibility index (Phi) is 6.36. The lowest BCUT2D eigenvalue weighted by Gasteiger charge is -2.33. The van der Waals surface area contributed by atoms with E-state index in [0.717, 1.165) is 43.0 Å². The van der Waals surface area contributed by atoms with E-state index >= 15 is 0 Å². The first kappa shape index (κ1) is 19.8. The number of aromatic nitrogens is 1. The molecule has 0 unspecified atom stereocenters. The van der Waals surface area contributed by atoms with Crippen LogP contribution < -0.4 is 10.2 Å². The van der Waals surface area contributed by atoms with E-state index in [1.54, 1.807) is 11.8 Å². The number of benzene rings is 2. The largest absolute Gasteiger partial charge is 0.423 e. The molecule has 2 aromatic carbocycles. The molecule has 0 radical (unpaired) electrons. The molecule has 4 rings (SSSR count). The minimum atomic E-state index is 0.0878. The van der Waals surface area contributed by atoms with Crippen molar-refractivity contribution in [2.24, 2.45) is 0 Å². The van der Waals surface area contributed by atoms with Crippen LogP contribution in [0.4, 0.5) is 6.01 Å². The molecule has 1 aliphatic heterocycles. The normalized spacial score (nSPS) is 15.0. The summed E-state index contributed by atoms with van der Waals surface area (Å²) in [5, 5.41) is 3.03. The van der Waals surface area contributed by atoms with E-state index in [9.17, 15) is 4.79 Å². The van der Waals surface area contributed by atoms with E-state index in [1.807, 2.05) is 24.3 Å². The van der Waals surface area contributed by atoms with Crippen LogP contribution in [0, 0.1) is 6.92 Å². The number of hydrogen-bond donors (Lipinski definition) is 1. The summed E-state index contributed by atoms with van der Waals surface area (Å²) < 4.78 is 5.85. The van der Waals surface area contributed by atoms with Gasteiger partial charge >= 0.3 is 0 Å². The highest BCUT2D eigenvalue weighted by Crippen LogP contribution is 2.22. The number of hydrogen-bond acceptors (Lipinski definition) is 6. The van der Waals surface area contributed by atoms with Crippen LogP contribution in [0.5, 0.6) is 0 Å². The first-order valence-corrected chi connectivity index (χ1v) is 10.9. The molecule has 1 fully saturated rings. The van der Waals surface area contributed by atoms with Crippen LogP contribution in [-0.4, -0.2) is 60.8 Å². The van der Waals surface area contributed by atoms with Crippen LogP contribution in [-0.2, 0) is 4.79 Å². The molecule has 29 heavy (non-hydrogen) atoms. The van der Waals surface area contributed by atoms with Crippen molar-refractivity contribution < 1.29 is 9.21 Å². The van der Waals surface area contributed by atoms with Crippen molar-refractivity contribution in [2.45, 2.75) is 11.8 Å². The maximum Gasteiger partial charge on any atom is 0.298 e. The fourth-order valence-electron chi connectivity index (χ4n) is 3.35. The number of nitrogens with one attached hydrogen (secondary N) is 1. The van der Waals surface area contributed by atoms with Gasteiger partial charge in [0, 0.05) is 43.4 Å². The third kappa shape index (κ3) is 5.31. The molecule has 0 spiro atoms. The van der Waals surface area contributed by atoms with Gasteiger partial charge < -0.3 is 14.6 Å². The Balaban J connectivity index is 1.16. The highest BCUT2D eigenvalue weighted by Gasteiger charge is 2.22. The molecule has 1 amide bonds. The molecule has 0 bridgehead atoms. The highest BCUT2D eigenvalue weighted by molar-refractivity contribution is 7.99. The standard InChI is InChI=1S/C22H26N4O2S/c1-17-6-8-18(9-7-17)29-15-10-23-21(27)16-25-11-13-26(14-12-25)22-24-19-4-2-3-5-20(19)28-22/h2-9H,10-16H2,1H3,(H,23,27). The quantitative estimate of drug-likeness (QED) is 0.477. The highest BCUT2D eigenvalue weighted by atomic mass is 32.2. The van der Waals surface area contributed by atoms with Gasteiger partial charge in [0.05, 0.1) is 6.54 Å². The summed E-state index contributed by atoms with van der Waals surface area (Å²) in [6, 6.07) is 16.9. The van der Waals surface area contributed by atoms with Crippen LogP contribution >= 0.6 is 11.8 Å². The molecule has 7 heteroatoms. The van der Waals surface area contributed by atoms with Crippen molar-refractivity contribution in [3.63, 3.8) is 0 Å². The SMILES string of the molecule is Cc1ccc(SCCNC(=O)CN2CCN(c3nc4ccccc4o3)CC2)cc1. The molecule has 152 valence electrons. The van der Waals surface area contributed by atoms with Crippen LogP contribution in [0.1, 0.15) is 5.56 Å². The number of carbonyl (C=O) groups is 1. The van der Waals surface area contributed by atoms with E-state index in [4.69, 9.17) is 4.42 Å². The zero-order valence-corrected chi connectivity index (χ0v) is 17.5. The van der Waals surface area contributed by atoms with Crippen LogP contribution in [0.3, 0.4) is 0 Å². The maximum absolute atomic E-state index is 12.2. The molecule has 0 aliphatic carbocycles. The zero-order chi connectivity index (χ0) is 20.1. The molecule has 1 aromatic heterocycles. The van der Waals surface area contributed by atoms with Crippen LogP contribution in [0.25, 0.3) is 11.1 Å². The van der Waals surface area contributed by atoms with E-state index in [0.29, 0.717) is 19.1 Å². The van der Waals surface area contributed by atoms with Crippen molar-refractivity contribution in [3.05, 3.63) is 54.1 Å². The summed E-state index contributed by atoms with van der Waals surface area (Å²) in [4.78, 5) is 22.4. The number of aryl methyl sites for hydroxylation is 1. The molecule has 1 aliphatic rings. The Morgan fingerprint density at radius 2 is 1.86 bits per heavy atom. The minimum Gasteiger partial charge on any atom is -0.423 e.